The summed E-state index contributed by atoms with van der Waals surface area (Å²) in [5, 5.41) is 10.6. The zero-order valence-corrected chi connectivity index (χ0v) is 14.1. The number of aliphatic hydroxyl groups excluding tert-OH is 1. The van der Waals surface area contributed by atoms with Gasteiger partial charge in [0.05, 0.1) is 11.1 Å². The van der Waals surface area contributed by atoms with Gasteiger partial charge < -0.3 is 9.52 Å². The summed E-state index contributed by atoms with van der Waals surface area (Å²) >= 11 is 6.35. The first-order valence-electron chi connectivity index (χ1n) is 7.93. The van der Waals surface area contributed by atoms with E-state index in [4.69, 9.17) is 16.0 Å². The summed E-state index contributed by atoms with van der Waals surface area (Å²) in [6, 6.07) is 4.21. The van der Waals surface area contributed by atoms with Gasteiger partial charge in [0.1, 0.15) is 5.52 Å². The molecule has 1 aromatic heterocycles. The minimum atomic E-state index is -0.219. The summed E-state index contributed by atoms with van der Waals surface area (Å²) in [7, 11) is 2.06. The van der Waals surface area contributed by atoms with E-state index < -0.39 is 0 Å². The van der Waals surface area contributed by atoms with Crippen LogP contribution >= 0.6 is 11.6 Å². The van der Waals surface area contributed by atoms with Gasteiger partial charge in [-0.25, -0.2) is 4.98 Å². The van der Waals surface area contributed by atoms with Crippen molar-refractivity contribution in [2.24, 2.45) is 0 Å². The molecule has 1 N–H and O–H groups in total. The normalized spacial score (nSPS) is 22.3. The van der Waals surface area contributed by atoms with Gasteiger partial charge >= 0.3 is 0 Å². The van der Waals surface area contributed by atoms with Gasteiger partial charge in [-0.1, -0.05) is 25.4 Å². The lowest BCUT2D eigenvalue weighted by Crippen LogP contribution is -2.36. The third-order valence-electron chi connectivity index (χ3n) is 4.46. The third kappa shape index (κ3) is 3.00. The summed E-state index contributed by atoms with van der Waals surface area (Å²) in [6.45, 7) is 4.85. The number of aromatic nitrogens is 1. The number of hydrogen-bond acceptors (Lipinski definition) is 4. The molecule has 0 radical (unpaired) electrons. The van der Waals surface area contributed by atoms with E-state index in [1.165, 1.54) is 0 Å². The summed E-state index contributed by atoms with van der Waals surface area (Å²) in [6.07, 6.45) is 2.82. The lowest BCUT2D eigenvalue weighted by atomic mass is 10.1. The van der Waals surface area contributed by atoms with Crippen molar-refractivity contribution in [3.05, 3.63) is 28.6 Å². The molecule has 1 aromatic carbocycles. The summed E-state index contributed by atoms with van der Waals surface area (Å²) in [5.74, 6) is 0.955. The van der Waals surface area contributed by atoms with Crippen molar-refractivity contribution in [1.29, 1.82) is 0 Å². The second-order valence-electron chi connectivity index (χ2n) is 6.61. The van der Waals surface area contributed by atoms with Crippen LogP contribution in [0.25, 0.3) is 11.1 Å². The molecule has 0 saturated heterocycles. The molecule has 4 nitrogen and oxygen atoms in total. The van der Waals surface area contributed by atoms with Crippen molar-refractivity contribution >= 4 is 22.7 Å². The molecule has 2 unspecified atom stereocenters. The highest BCUT2D eigenvalue weighted by Crippen LogP contribution is 2.30. The predicted octanol–water partition coefficient (Wildman–Crippen LogP) is 3.95. The van der Waals surface area contributed by atoms with Crippen LogP contribution in [-0.4, -0.2) is 34.2 Å². The second kappa shape index (κ2) is 6.19. The number of halogens is 1. The van der Waals surface area contributed by atoms with Crippen LogP contribution in [0.5, 0.6) is 0 Å². The summed E-state index contributed by atoms with van der Waals surface area (Å²) in [5.41, 5.74) is 2.58. The molecule has 1 heterocycles. The van der Waals surface area contributed by atoms with Crippen molar-refractivity contribution < 1.29 is 9.52 Å². The van der Waals surface area contributed by atoms with Crippen molar-refractivity contribution in [1.82, 2.24) is 9.88 Å². The van der Waals surface area contributed by atoms with Gasteiger partial charge in [-0.05, 0) is 44.0 Å². The van der Waals surface area contributed by atoms with Gasteiger partial charge in [0.2, 0.25) is 0 Å². The number of hydrogen-bond donors (Lipinski definition) is 1. The molecule has 5 heteroatoms. The van der Waals surface area contributed by atoms with E-state index in [0.717, 1.165) is 36.9 Å². The SMILES string of the molecule is CC(C)c1nc2cc(CN(C)C3CCCC3O)cc(Cl)c2o1. The first-order chi connectivity index (χ1) is 10.5. The largest absolute Gasteiger partial charge is 0.439 e. The highest BCUT2D eigenvalue weighted by atomic mass is 35.5. The van der Waals surface area contributed by atoms with Crippen LogP contribution in [0.2, 0.25) is 5.02 Å². The highest BCUT2D eigenvalue weighted by molar-refractivity contribution is 6.34. The topological polar surface area (TPSA) is 49.5 Å². The minimum absolute atomic E-state index is 0.219. The fourth-order valence-electron chi connectivity index (χ4n) is 3.24. The van der Waals surface area contributed by atoms with Crippen molar-refractivity contribution in [3.8, 4) is 0 Å². The first kappa shape index (κ1) is 15.8. The fourth-order valence-corrected chi connectivity index (χ4v) is 3.52. The number of benzene rings is 1. The van der Waals surface area contributed by atoms with Gasteiger partial charge in [0.15, 0.2) is 11.5 Å². The van der Waals surface area contributed by atoms with Crippen LogP contribution in [-0.2, 0) is 6.54 Å². The van der Waals surface area contributed by atoms with E-state index in [-0.39, 0.29) is 18.1 Å². The van der Waals surface area contributed by atoms with E-state index >= 15 is 0 Å². The third-order valence-corrected chi connectivity index (χ3v) is 4.74. The number of fused-ring (bicyclic) bond motifs is 1. The average molecular weight is 323 g/mol. The average Bonchev–Trinajstić information content (AvgIpc) is 3.04. The Labute approximate surface area is 136 Å². The Morgan fingerprint density at radius 1 is 1.41 bits per heavy atom. The quantitative estimate of drug-likeness (QED) is 0.926. The zero-order valence-electron chi connectivity index (χ0n) is 13.3. The van der Waals surface area contributed by atoms with Gasteiger partial charge in [0.25, 0.3) is 0 Å². The Morgan fingerprint density at radius 2 is 2.18 bits per heavy atom. The lowest BCUT2D eigenvalue weighted by molar-refractivity contribution is 0.0825. The molecule has 1 saturated carbocycles. The number of likely N-dealkylation sites (N-methyl/N-ethyl adjacent to an activating group) is 1. The summed E-state index contributed by atoms with van der Waals surface area (Å²) in [4.78, 5) is 6.74. The van der Waals surface area contributed by atoms with E-state index in [1.807, 2.05) is 12.1 Å². The molecular formula is C17H23ClN2O2. The molecule has 3 rings (SSSR count). The van der Waals surface area contributed by atoms with Gasteiger partial charge in [-0.3, -0.25) is 4.90 Å². The maximum absolute atomic E-state index is 10.0. The lowest BCUT2D eigenvalue weighted by Gasteiger charge is -2.27. The molecule has 120 valence electrons. The van der Waals surface area contributed by atoms with Crippen molar-refractivity contribution in [2.75, 3.05) is 7.05 Å². The number of nitrogens with zero attached hydrogens (tertiary/aromatic N) is 2. The molecule has 0 spiro atoms. The van der Waals surface area contributed by atoms with Gasteiger partial charge in [0, 0.05) is 18.5 Å². The van der Waals surface area contributed by atoms with Crippen LogP contribution in [0.1, 0.15) is 50.5 Å². The predicted molar refractivity (Wildman–Crippen MR) is 88.2 cm³/mol. The number of aliphatic hydroxyl groups is 1. The van der Waals surface area contributed by atoms with E-state index in [9.17, 15) is 5.11 Å². The molecule has 1 aliphatic rings. The number of rotatable bonds is 4. The molecule has 2 atom stereocenters. The fraction of sp³-hybridized carbons (Fsp3) is 0.588. The monoisotopic (exact) mass is 322 g/mol. The molecular weight excluding hydrogens is 300 g/mol. The highest BCUT2D eigenvalue weighted by Gasteiger charge is 2.28. The maximum Gasteiger partial charge on any atom is 0.198 e. The molecule has 22 heavy (non-hydrogen) atoms. The van der Waals surface area contributed by atoms with E-state index in [2.05, 4.69) is 30.8 Å². The Balaban J connectivity index is 1.84. The Hall–Kier alpha value is -1.10. The molecule has 1 fully saturated rings. The molecule has 0 bridgehead atoms. The molecule has 1 aliphatic carbocycles. The number of oxazole rings is 1. The van der Waals surface area contributed by atoms with Gasteiger partial charge in [-0.2, -0.15) is 0 Å². The zero-order chi connectivity index (χ0) is 15.9. The summed E-state index contributed by atoms with van der Waals surface area (Å²) < 4.78 is 5.74. The standard InChI is InChI=1S/C17H23ClN2O2/c1-10(2)17-19-13-8-11(7-12(18)16(13)22-17)9-20(3)14-5-4-6-15(14)21/h7-8,10,14-15,21H,4-6,9H2,1-3H3. The van der Waals surface area contributed by atoms with Crippen molar-refractivity contribution in [3.63, 3.8) is 0 Å². The Kier molecular flexibility index (Phi) is 4.44. The Morgan fingerprint density at radius 3 is 2.82 bits per heavy atom. The molecule has 0 amide bonds. The first-order valence-corrected chi connectivity index (χ1v) is 8.30. The van der Waals surface area contributed by atoms with Crippen LogP contribution in [0.4, 0.5) is 0 Å². The van der Waals surface area contributed by atoms with Crippen LogP contribution in [0, 0.1) is 0 Å². The van der Waals surface area contributed by atoms with Crippen LogP contribution in [0.15, 0.2) is 16.5 Å². The minimum Gasteiger partial charge on any atom is -0.439 e. The Bertz CT molecular complexity index is 668. The van der Waals surface area contributed by atoms with Crippen LogP contribution < -0.4 is 0 Å². The maximum atomic E-state index is 10.0. The smallest absolute Gasteiger partial charge is 0.198 e. The molecule has 0 aliphatic heterocycles. The second-order valence-corrected chi connectivity index (χ2v) is 7.02. The molecule has 2 aromatic rings. The van der Waals surface area contributed by atoms with Crippen LogP contribution in [0.3, 0.4) is 0 Å². The van der Waals surface area contributed by atoms with E-state index in [0.29, 0.717) is 16.5 Å². The van der Waals surface area contributed by atoms with Gasteiger partial charge in [-0.15, -0.1) is 0 Å². The van der Waals surface area contributed by atoms with Crippen molar-refractivity contribution in [2.45, 2.75) is 57.7 Å². The van der Waals surface area contributed by atoms with E-state index in [1.54, 1.807) is 0 Å².